The SMILES string of the molecule is COc1cc(P(c2cc(OC)c(OC)c(OC)c2)c2cc(OC)c(OC)c(OC)c2)cc(OC)c1OC. The average molecular weight is 533 g/mol. The van der Waals surface area contributed by atoms with E-state index in [4.69, 9.17) is 42.6 Å². The van der Waals surface area contributed by atoms with Gasteiger partial charge in [-0.1, -0.05) is 0 Å². The van der Waals surface area contributed by atoms with E-state index in [9.17, 15) is 0 Å². The minimum absolute atomic E-state index is 0.499. The molecular weight excluding hydrogens is 499 g/mol. The van der Waals surface area contributed by atoms with Crippen molar-refractivity contribution in [1.82, 2.24) is 0 Å². The summed E-state index contributed by atoms with van der Waals surface area (Å²) in [6.07, 6.45) is 0. The van der Waals surface area contributed by atoms with E-state index in [0.29, 0.717) is 51.7 Å². The van der Waals surface area contributed by atoms with Crippen molar-refractivity contribution >= 4 is 23.8 Å². The van der Waals surface area contributed by atoms with Gasteiger partial charge in [-0.05, 0) is 60.2 Å². The molecule has 0 aromatic heterocycles. The fraction of sp³-hybridized carbons (Fsp3) is 0.333. The Bertz CT molecular complexity index is 1000. The van der Waals surface area contributed by atoms with Gasteiger partial charge in [0.1, 0.15) is 0 Å². The van der Waals surface area contributed by atoms with Gasteiger partial charge in [0.15, 0.2) is 34.5 Å². The molecule has 0 aliphatic rings. The van der Waals surface area contributed by atoms with Gasteiger partial charge in [-0.2, -0.15) is 0 Å². The first-order valence-corrected chi connectivity index (χ1v) is 12.5. The highest BCUT2D eigenvalue weighted by Gasteiger charge is 2.27. The summed E-state index contributed by atoms with van der Waals surface area (Å²) < 4.78 is 50.6. The van der Waals surface area contributed by atoms with E-state index < -0.39 is 7.92 Å². The summed E-state index contributed by atoms with van der Waals surface area (Å²) in [5, 5.41) is 2.73. The van der Waals surface area contributed by atoms with Crippen LogP contribution in [-0.4, -0.2) is 64.0 Å². The van der Waals surface area contributed by atoms with Crippen LogP contribution in [0.2, 0.25) is 0 Å². The summed E-state index contributed by atoms with van der Waals surface area (Å²) in [6, 6.07) is 11.6. The van der Waals surface area contributed by atoms with E-state index in [-0.39, 0.29) is 0 Å². The molecule has 0 saturated heterocycles. The molecule has 0 aliphatic carbocycles. The molecule has 37 heavy (non-hydrogen) atoms. The standard InChI is InChI=1S/C27H33O9P/c1-28-19-10-16(11-20(29-2)25(19)34-7)37(17-12-21(30-3)26(35-8)22(13-17)31-4)18-14-23(32-5)27(36-9)24(15-18)33-6/h10-15H,1-9H3. The molecule has 0 aliphatic heterocycles. The lowest BCUT2D eigenvalue weighted by molar-refractivity contribution is 0.324. The molecule has 3 aromatic carbocycles. The van der Waals surface area contributed by atoms with Crippen molar-refractivity contribution < 1.29 is 42.6 Å². The Labute approximate surface area is 218 Å². The van der Waals surface area contributed by atoms with E-state index in [1.54, 1.807) is 64.0 Å². The molecule has 0 radical (unpaired) electrons. The highest BCUT2D eigenvalue weighted by molar-refractivity contribution is 7.79. The first-order chi connectivity index (χ1) is 17.9. The van der Waals surface area contributed by atoms with Gasteiger partial charge in [0, 0.05) is 0 Å². The van der Waals surface area contributed by atoms with Crippen LogP contribution in [-0.2, 0) is 0 Å². The van der Waals surface area contributed by atoms with E-state index >= 15 is 0 Å². The van der Waals surface area contributed by atoms with Crippen molar-refractivity contribution in [3.8, 4) is 51.7 Å². The minimum atomic E-state index is -1.28. The molecule has 0 spiro atoms. The van der Waals surface area contributed by atoms with Crippen LogP contribution in [0.25, 0.3) is 0 Å². The summed E-state index contributed by atoms with van der Waals surface area (Å²) in [4.78, 5) is 0. The number of hydrogen-bond donors (Lipinski definition) is 0. The largest absolute Gasteiger partial charge is 0.493 e. The zero-order valence-corrected chi connectivity index (χ0v) is 23.5. The lowest BCUT2D eigenvalue weighted by Crippen LogP contribution is -2.22. The monoisotopic (exact) mass is 532 g/mol. The Morgan fingerprint density at radius 2 is 0.514 bits per heavy atom. The molecule has 0 saturated carbocycles. The quantitative estimate of drug-likeness (QED) is 0.326. The van der Waals surface area contributed by atoms with Crippen molar-refractivity contribution in [3.05, 3.63) is 36.4 Å². The van der Waals surface area contributed by atoms with Gasteiger partial charge < -0.3 is 42.6 Å². The van der Waals surface area contributed by atoms with Crippen LogP contribution >= 0.6 is 7.92 Å². The smallest absolute Gasteiger partial charge is 0.203 e. The molecular formula is C27H33O9P. The molecule has 0 unspecified atom stereocenters. The van der Waals surface area contributed by atoms with Gasteiger partial charge in [0.25, 0.3) is 0 Å². The molecule has 9 nitrogen and oxygen atoms in total. The molecule has 0 heterocycles. The second-order valence-corrected chi connectivity index (χ2v) is 9.71. The number of ether oxygens (including phenoxy) is 9. The Hall–Kier alpha value is -3.71. The van der Waals surface area contributed by atoms with E-state index in [2.05, 4.69) is 0 Å². The van der Waals surface area contributed by atoms with Gasteiger partial charge in [-0.3, -0.25) is 0 Å². The first kappa shape index (κ1) is 27.9. The fourth-order valence-corrected chi connectivity index (χ4v) is 6.41. The predicted octanol–water partition coefficient (Wildman–Crippen LogP) is 3.52. The summed E-state index contributed by atoms with van der Waals surface area (Å²) in [6.45, 7) is 0. The Morgan fingerprint density at radius 3 is 0.649 bits per heavy atom. The van der Waals surface area contributed by atoms with Crippen LogP contribution in [0.15, 0.2) is 36.4 Å². The fourth-order valence-electron chi connectivity index (χ4n) is 4.04. The zero-order valence-electron chi connectivity index (χ0n) is 22.6. The van der Waals surface area contributed by atoms with Gasteiger partial charge in [-0.25, -0.2) is 0 Å². The maximum Gasteiger partial charge on any atom is 0.203 e. The van der Waals surface area contributed by atoms with Crippen molar-refractivity contribution in [2.75, 3.05) is 64.0 Å². The van der Waals surface area contributed by atoms with Crippen LogP contribution in [0, 0.1) is 0 Å². The van der Waals surface area contributed by atoms with Gasteiger partial charge in [0.2, 0.25) is 17.2 Å². The molecule has 0 bridgehead atoms. The summed E-state index contributed by atoms with van der Waals surface area (Å²) in [5.74, 6) is 4.69. The molecule has 3 rings (SSSR count). The molecule has 0 amide bonds. The normalized spacial score (nSPS) is 10.5. The summed E-state index contributed by atoms with van der Waals surface area (Å²) >= 11 is 0. The molecule has 200 valence electrons. The molecule has 0 atom stereocenters. The molecule has 10 heteroatoms. The summed E-state index contributed by atoms with van der Waals surface area (Å²) in [5.41, 5.74) is 0. The van der Waals surface area contributed by atoms with Crippen molar-refractivity contribution in [2.45, 2.75) is 0 Å². The maximum absolute atomic E-state index is 5.66. The molecule has 0 fully saturated rings. The van der Waals surface area contributed by atoms with Crippen molar-refractivity contribution in [3.63, 3.8) is 0 Å². The van der Waals surface area contributed by atoms with E-state index in [0.717, 1.165) is 15.9 Å². The Morgan fingerprint density at radius 1 is 0.324 bits per heavy atom. The third kappa shape index (κ3) is 5.37. The molecule has 3 aromatic rings. The summed E-state index contributed by atoms with van der Waals surface area (Å²) in [7, 11) is 12.9. The first-order valence-electron chi connectivity index (χ1n) is 11.1. The highest BCUT2D eigenvalue weighted by Crippen LogP contribution is 2.47. The minimum Gasteiger partial charge on any atom is -0.493 e. The second-order valence-electron chi connectivity index (χ2n) is 7.49. The van der Waals surface area contributed by atoms with Crippen molar-refractivity contribution in [1.29, 1.82) is 0 Å². The number of hydrogen-bond acceptors (Lipinski definition) is 9. The number of rotatable bonds is 12. The van der Waals surface area contributed by atoms with Crippen molar-refractivity contribution in [2.24, 2.45) is 0 Å². The predicted molar refractivity (Wildman–Crippen MR) is 144 cm³/mol. The van der Waals surface area contributed by atoms with Crippen LogP contribution in [0.5, 0.6) is 51.7 Å². The van der Waals surface area contributed by atoms with Gasteiger partial charge in [-0.15, -0.1) is 0 Å². The molecule has 0 N–H and O–H groups in total. The van der Waals surface area contributed by atoms with Crippen LogP contribution < -0.4 is 58.5 Å². The number of methoxy groups -OCH3 is 9. The third-order valence-electron chi connectivity index (χ3n) is 5.72. The van der Waals surface area contributed by atoms with Crippen LogP contribution in [0.1, 0.15) is 0 Å². The van der Waals surface area contributed by atoms with E-state index in [1.807, 2.05) is 36.4 Å². The van der Waals surface area contributed by atoms with E-state index in [1.165, 1.54) is 0 Å². The third-order valence-corrected chi connectivity index (χ3v) is 8.05. The Kier molecular flexibility index (Phi) is 9.42. The highest BCUT2D eigenvalue weighted by atomic mass is 31.1. The van der Waals surface area contributed by atoms with Crippen LogP contribution in [0.4, 0.5) is 0 Å². The lowest BCUT2D eigenvalue weighted by atomic mass is 10.3. The average Bonchev–Trinajstić information content (AvgIpc) is 2.95. The van der Waals surface area contributed by atoms with Gasteiger partial charge in [0.05, 0.1) is 64.0 Å². The van der Waals surface area contributed by atoms with Gasteiger partial charge >= 0.3 is 0 Å². The lowest BCUT2D eigenvalue weighted by Gasteiger charge is -2.25. The topological polar surface area (TPSA) is 83.1 Å². The Balaban J connectivity index is 2.43. The second kappa shape index (κ2) is 12.5. The maximum atomic E-state index is 5.66. The number of benzene rings is 3. The van der Waals surface area contributed by atoms with Crippen LogP contribution in [0.3, 0.4) is 0 Å². The zero-order chi connectivity index (χ0) is 27.1.